The number of fused-ring (bicyclic) bond motifs is 3. The van der Waals surface area contributed by atoms with Gasteiger partial charge in [-0.2, -0.15) is 0 Å². The van der Waals surface area contributed by atoms with Gasteiger partial charge >= 0.3 is 0 Å². The standard InChI is InChI=1S/C14H14O2/c1-15-11-6-4-10-5-7-14-12(13(10)9-11)3-2-8-16-14/h4-7,9H,2-3,8H2,1H3. The van der Waals surface area contributed by atoms with E-state index in [0.29, 0.717) is 0 Å². The number of aryl methyl sites for hydroxylation is 1. The summed E-state index contributed by atoms with van der Waals surface area (Å²) < 4.78 is 10.9. The molecule has 0 saturated heterocycles. The summed E-state index contributed by atoms with van der Waals surface area (Å²) >= 11 is 0. The molecule has 16 heavy (non-hydrogen) atoms. The molecule has 0 aromatic heterocycles. The average molecular weight is 214 g/mol. The zero-order valence-electron chi connectivity index (χ0n) is 9.32. The van der Waals surface area contributed by atoms with Gasteiger partial charge in [0.25, 0.3) is 0 Å². The Balaban J connectivity index is 2.27. The summed E-state index contributed by atoms with van der Waals surface area (Å²) in [6.45, 7) is 0.836. The Morgan fingerprint density at radius 2 is 2.06 bits per heavy atom. The maximum atomic E-state index is 5.66. The topological polar surface area (TPSA) is 18.5 Å². The van der Waals surface area contributed by atoms with Gasteiger partial charge < -0.3 is 9.47 Å². The molecule has 0 unspecified atom stereocenters. The van der Waals surface area contributed by atoms with Crippen molar-refractivity contribution in [2.75, 3.05) is 13.7 Å². The first-order chi connectivity index (χ1) is 7.88. The molecule has 2 aromatic rings. The van der Waals surface area contributed by atoms with Gasteiger partial charge in [0.05, 0.1) is 13.7 Å². The molecule has 0 saturated carbocycles. The van der Waals surface area contributed by atoms with Gasteiger partial charge in [-0.25, -0.2) is 0 Å². The predicted molar refractivity (Wildman–Crippen MR) is 64.3 cm³/mol. The molecule has 3 rings (SSSR count). The molecule has 0 bridgehead atoms. The van der Waals surface area contributed by atoms with Crippen LogP contribution in [-0.2, 0) is 6.42 Å². The Morgan fingerprint density at radius 3 is 2.94 bits per heavy atom. The molecule has 1 aliphatic rings. The summed E-state index contributed by atoms with van der Waals surface area (Å²) in [5.74, 6) is 1.94. The van der Waals surface area contributed by atoms with Crippen molar-refractivity contribution in [3.8, 4) is 11.5 Å². The molecule has 2 aromatic carbocycles. The van der Waals surface area contributed by atoms with Crippen LogP contribution in [0.5, 0.6) is 11.5 Å². The molecule has 0 N–H and O–H groups in total. The highest BCUT2D eigenvalue weighted by Gasteiger charge is 2.13. The summed E-state index contributed by atoms with van der Waals surface area (Å²) in [7, 11) is 1.70. The van der Waals surface area contributed by atoms with E-state index in [9.17, 15) is 0 Å². The van der Waals surface area contributed by atoms with Crippen LogP contribution < -0.4 is 9.47 Å². The second kappa shape index (κ2) is 3.71. The SMILES string of the molecule is COc1ccc2ccc3c(c2c1)CCCO3. The van der Waals surface area contributed by atoms with E-state index in [1.807, 2.05) is 6.07 Å². The van der Waals surface area contributed by atoms with E-state index in [-0.39, 0.29) is 0 Å². The molecule has 0 spiro atoms. The van der Waals surface area contributed by atoms with Crippen LogP contribution in [0.25, 0.3) is 10.8 Å². The molecule has 0 fully saturated rings. The molecular weight excluding hydrogens is 200 g/mol. The lowest BCUT2D eigenvalue weighted by Gasteiger charge is -2.19. The van der Waals surface area contributed by atoms with Crippen molar-refractivity contribution in [3.05, 3.63) is 35.9 Å². The minimum atomic E-state index is 0.836. The van der Waals surface area contributed by atoms with Gasteiger partial charge in [0.15, 0.2) is 0 Å². The first-order valence-corrected chi connectivity index (χ1v) is 5.61. The van der Waals surface area contributed by atoms with E-state index in [4.69, 9.17) is 9.47 Å². The number of benzene rings is 2. The van der Waals surface area contributed by atoms with E-state index in [2.05, 4.69) is 24.3 Å². The van der Waals surface area contributed by atoms with Crippen molar-refractivity contribution in [2.24, 2.45) is 0 Å². The van der Waals surface area contributed by atoms with Crippen LogP contribution in [-0.4, -0.2) is 13.7 Å². The van der Waals surface area contributed by atoms with Crippen molar-refractivity contribution < 1.29 is 9.47 Å². The van der Waals surface area contributed by atoms with Crippen LogP contribution in [0.2, 0.25) is 0 Å². The summed E-state index contributed by atoms with van der Waals surface area (Å²) in [6.07, 6.45) is 2.20. The Bertz CT molecular complexity index is 526. The Labute approximate surface area is 94.8 Å². The molecule has 2 nitrogen and oxygen atoms in total. The molecule has 1 heterocycles. The molecular formula is C14H14O2. The zero-order valence-corrected chi connectivity index (χ0v) is 9.32. The second-order valence-electron chi connectivity index (χ2n) is 4.08. The average Bonchev–Trinajstić information content (AvgIpc) is 2.38. The highest BCUT2D eigenvalue weighted by atomic mass is 16.5. The predicted octanol–water partition coefficient (Wildman–Crippen LogP) is 3.17. The molecule has 82 valence electrons. The van der Waals surface area contributed by atoms with Gasteiger partial charge in [-0.1, -0.05) is 12.1 Å². The minimum absolute atomic E-state index is 0.836. The monoisotopic (exact) mass is 214 g/mol. The zero-order chi connectivity index (χ0) is 11.0. The third-order valence-corrected chi connectivity index (χ3v) is 3.13. The lowest BCUT2D eigenvalue weighted by atomic mass is 9.98. The first-order valence-electron chi connectivity index (χ1n) is 5.61. The van der Waals surface area contributed by atoms with Crippen LogP contribution in [0.3, 0.4) is 0 Å². The third-order valence-electron chi connectivity index (χ3n) is 3.13. The number of methoxy groups -OCH3 is 1. The van der Waals surface area contributed by atoms with E-state index >= 15 is 0 Å². The van der Waals surface area contributed by atoms with Crippen LogP contribution in [0.1, 0.15) is 12.0 Å². The fourth-order valence-electron chi connectivity index (χ4n) is 2.29. The van der Waals surface area contributed by atoms with Gasteiger partial charge in [0, 0.05) is 5.56 Å². The van der Waals surface area contributed by atoms with E-state index in [0.717, 1.165) is 30.9 Å². The summed E-state index contributed by atoms with van der Waals surface area (Å²) in [5.41, 5.74) is 1.32. The summed E-state index contributed by atoms with van der Waals surface area (Å²) in [6, 6.07) is 10.4. The largest absolute Gasteiger partial charge is 0.497 e. The Kier molecular flexibility index (Phi) is 2.21. The second-order valence-corrected chi connectivity index (χ2v) is 4.08. The van der Waals surface area contributed by atoms with Crippen molar-refractivity contribution >= 4 is 10.8 Å². The molecule has 0 amide bonds. The minimum Gasteiger partial charge on any atom is -0.497 e. The quantitative estimate of drug-likeness (QED) is 0.726. The van der Waals surface area contributed by atoms with Crippen LogP contribution in [0.4, 0.5) is 0 Å². The van der Waals surface area contributed by atoms with Gasteiger partial charge in [0.1, 0.15) is 11.5 Å². The van der Waals surface area contributed by atoms with Crippen molar-refractivity contribution in [1.82, 2.24) is 0 Å². The molecule has 0 radical (unpaired) electrons. The third kappa shape index (κ3) is 1.42. The fourth-order valence-corrected chi connectivity index (χ4v) is 2.29. The highest BCUT2D eigenvalue weighted by molar-refractivity contribution is 5.89. The van der Waals surface area contributed by atoms with Gasteiger partial charge in [-0.3, -0.25) is 0 Å². The van der Waals surface area contributed by atoms with Crippen molar-refractivity contribution in [3.63, 3.8) is 0 Å². The fraction of sp³-hybridized carbons (Fsp3) is 0.286. The van der Waals surface area contributed by atoms with Gasteiger partial charge in [0.2, 0.25) is 0 Å². The van der Waals surface area contributed by atoms with Gasteiger partial charge in [-0.15, -0.1) is 0 Å². The number of hydrogen-bond donors (Lipinski definition) is 0. The lowest BCUT2D eigenvalue weighted by molar-refractivity contribution is 0.289. The first kappa shape index (κ1) is 9.52. The highest BCUT2D eigenvalue weighted by Crippen LogP contribution is 2.33. The van der Waals surface area contributed by atoms with E-state index in [1.54, 1.807) is 7.11 Å². The van der Waals surface area contributed by atoms with E-state index < -0.39 is 0 Å². The molecule has 1 aliphatic heterocycles. The van der Waals surface area contributed by atoms with Crippen LogP contribution in [0, 0.1) is 0 Å². The maximum absolute atomic E-state index is 5.66. The van der Waals surface area contributed by atoms with Crippen molar-refractivity contribution in [2.45, 2.75) is 12.8 Å². The Hall–Kier alpha value is -1.70. The normalized spacial score (nSPS) is 14.3. The summed E-state index contributed by atoms with van der Waals surface area (Å²) in [4.78, 5) is 0. The molecule has 2 heteroatoms. The lowest BCUT2D eigenvalue weighted by Crippen LogP contribution is -2.08. The smallest absolute Gasteiger partial charge is 0.123 e. The number of ether oxygens (including phenoxy) is 2. The number of rotatable bonds is 1. The van der Waals surface area contributed by atoms with Gasteiger partial charge in [-0.05, 0) is 41.8 Å². The molecule has 0 aliphatic carbocycles. The van der Waals surface area contributed by atoms with Crippen molar-refractivity contribution in [1.29, 1.82) is 0 Å². The maximum Gasteiger partial charge on any atom is 0.123 e. The Morgan fingerprint density at radius 1 is 1.19 bits per heavy atom. The van der Waals surface area contributed by atoms with Crippen LogP contribution in [0.15, 0.2) is 30.3 Å². The number of hydrogen-bond acceptors (Lipinski definition) is 2. The summed E-state index contributed by atoms with van der Waals surface area (Å²) in [5, 5.41) is 2.52. The van der Waals surface area contributed by atoms with Crippen LogP contribution >= 0.6 is 0 Å². The molecule has 0 atom stereocenters. The van der Waals surface area contributed by atoms with E-state index in [1.165, 1.54) is 16.3 Å².